The van der Waals surface area contributed by atoms with Crippen molar-refractivity contribution < 1.29 is 4.79 Å². The number of rotatable bonds is 7. The highest BCUT2D eigenvalue weighted by Gasteiger charge is 2.14. The van der Waals surface area contributed by atoms with Gasteiger partial charge in [0.25, 0.3) is 5.91 Å². The van der Waals surface area contributed by atoms with Crippen molar-refractivity contribution in [1.29, 1.82) is 0 Å². The Morgan fingerprint density at radius 3 is 2.13 bits per heavy atom. The van der Waals surface area contributed by atoms with Gasteiger partial charge >= 0.3 is 0 Å². The third-order valence-corrected chi connectivity index (χ3v) is 4.57. The molecule has 0 saturated heterocycles. The summed E-state index contributed by atoms with van der Waals surface area (Å²) in [6.45, 7) is 1.02. The van der Waals surface area contributed by atoms with Crippen molar-refractivity contribution >= 4 is 17.5 Å². The second-order valence-corrected chi connectivity index (χ2v) is 6.72. The zero-order valence-electron chi connectivity index (χ0n) is 16.3. The molecule has 0 unspecified atom stereocenters. The van der Waals surface area contributed by atoms with Crippen molar-refractivity contribution in [2.24, 2.45) is 0 Å². The molecule has 0 bridgehead atoms. The van der Waals surface area contributed by atoms with E-state index in [0.29, 0.717) is 24.6 Å². The Morgan fingerprint density at radius 1 is 0.800 bits per heavy atom. The molecule has 0 aliphatic rings. The summed E-state index contributed by atoms with van der Waals surface area (Å²) in [6, 6.07) is 23.9. The molecule has 6 nitrogen and oxygen atoms in total. The Balaban J connectivity index is 1.51. The predicted molar refractivity (Wildman–Crippen MR) is 116 cm³/mol. The fraction of sp³-hybridized carbons (Fsp3) is 0.0833. The molecule has 2 aromatic heterocycles. The molecule has 0 radical (unpaired) electrons. The van der Waals surface area contributed by atoms with Crippen LogP contribution >= 0.6 is 0 Å². The quantitative estimate of drug-likeness (QED) is 0.509. The van der Waals surface area contributed by atoms with Gasteiger partial charge in [-0.05, 0) is 29.3 Å². The van der Waals surface area contributed by atoms with E-state index in [1.54, 1.807) is 24.8 Å². The molecule has 30 heavy (non-hydrogen) atoms. The van der Waals surface area contributed by atoms with Crippen LogP contribution in [-0.4, -0.2) is 20.9 Å². The van der Waals surface area contributed by atoms with Gasteiger partial charge < -0.3 is 10.2 Å². The van der Waals surface area contributed by atoms with Crippen molar-refractivity contribution in [2.75, 3.05) is 4.90 Å². The molecule has 1 N–H and O–H groups in total. The molecule has 2 heterocycles. The number of benzene rings is 2. The SMILES string of the molecule is O=C(NCc1cccnc1)c1cnc(N(Cc2ccccc2)c2ccccc2)nc1. The molecule has 6 heteroatoms. The van der Waals surface area contributed by atoms with Gasteiger partial charge in [0.2, 0.25) is 5.95 Å². The summed E-state index contributed by atoms with van der Waals surface area (Å²) in [7, 11) is 0. The third kappa shape index (κ3) is 4.86. The van der Waals surface area contributed by atoms with Gasteiger partial charge in [-0.3, -0.25) is 9.78 Å². The summed E-state index contributed by atoms with van der Waals surface area (Å²) in [5.41, 5.74) is 3.47. The molecule has 4 aromatic rings. The number of pyridine rings is 1. The van der Waals surface area contributed by atoms with E-state index < -0.39 is 0 Å². The minimum atomic E-state index is -0.222. The molecule has 0 aliphatic heterocycles. The van der Waals surface area contributed by atoms with Gasteiger partial charge in [-0.1, -0.05) is 54.6 Å². The standard InChI is InChI=1S/C24H21N5O/c30-23(26-15-20-10-7-13-25-14-20)21-16-27-24(28-17-21)29(22-11-5-2-6-12-22)18-19-8-3-1-4-9-19/h1-14,16-17H,15,18H2,(H,26,30). The lowest BCUT2D eigenvalue weighted by atomic mass is 10.2. The molecule has 1 amide bonds. The summed E-state index contributed by atoms with van der Waals surface area (Å²) in [5, 5.41) is 2.86. The maximum absolute atomic E-state index is 12.4. The van der Waals surface area contributed by atoms with E-state index in [9.17, 15) is 4.79 Å². The van der Waals surface area contributed by atoms with Crippen molar-refractivity contribution in [3.63, 3.8) is 0 Å². The number of hydrogen-bond donors (Lipinski definition) is 1. The van der Waals surface area contributed by atoms with E-state index in [0.717, 1.165) is 16.8 Å². The van der Waals surface area contributed by atoms with Crippen LogP contribution in [0.2, 0.25) is 0 Å². The number of carbonyl (C=O) groups is 1. The number of carbonyl (C=O) groups excluding carboxylic acids is 1. The summed E-state index contributed by atoms with van der Waals surface area (Å²) < 4.78 is 0. The van der Waals surface area contributed by atoms with E-state index in [2.05, 4.69) is 32.4 Å². The molecule has 0 spiro atoms. The van der Waals surface area contributed by atoms with E-state index in [4.69, 9.17) is 0 Å². The number of nitrogens with one attached hydrogen (secondary N) is 1. The van der Waals surface area contributed by atoms with Crippen molar-refractivity contribution in [3.8, 4) is 0 Å². The highest BCUT2D eigenvalue weighted by atomic mass is 16.1. The third-order valence-electron chi connectivity index (χ3n) is 4.57. The van der Waals surface area contributed by atoms with Crippen molar-refractivity contribution in [2.45, 2.75) is 13.1 Å². The maximum Gasteiger partial charge on any atom is 0.254 e. The number of hydrogen-bond acceptors (Lipinski definition) is 5. The van der Waals surface area contributed by atoms with Crippen LogP contribution in [0.3, 0.4) is 0 Å². The van der Waals surface area contributed by atoms with Crippen LogP contribution in [0.4, 0.5) is 11.6 Å². The van der Waals surface area contributed by atoms with Crippen LogP contribution in [0.5, 0.6) is 0 Å². The molecule has 148 valence electrons. The molecule has 4 rings (SSSR count). The molecule has 2 aromatic carbocycles. The fourth-order valence-electron chi connectivity index (χ4n) is 3.02. The smallest absolute Gasteiger partial charge is 0.254 e. The highest BCUT2D eigenvalue weighted by Crippen LogP contribution is 2.24. The van der Waals surface area contributed by atoms with Gasteiger partial charge in [-0.2, -0.15) is 0 Å². The second kappa shape index (κ2) is 9.43. The molecule has 0 fully saturated rings. The first-order valence-corrected chi connectivity index (χ1v) is 9.65. The summed E-state index contributed by atoms with van der Waals surface area (Å²) >= 11 is 0. The zero-order chi connectivity index (χ0) is 20.6. The average Bonchev–Trinajstić information content (AvgIpc) is 2.83. The Hall–Kier alpha value is -4.06. The summed E-state index contributed by atoms with van der Waals surface area (Å²) in [4.78, 5) is 27.4. The van der Waals surface area contributed by atoms with Gasteiger partial charge in [0.05, 0.1) is 12.1 Å². The van der Waals surface area contributed by atoms with E-state index in [-0.39, 0.29) is 5.91 Å². The van der Waals surface area contributed by atoms with Crippen LogP contribution in [0.25, 0.3) is 0 Å². The monoisotopic (exact) mass is 395 g/mol. The lowest BCUT2D eigenvalue weighted by molar-refractivity contribution is 0.0950. The lowest BCUT2D eigenvalue weighted by Crippen LogP contribution is -2.24. The topological polar surface area (TPSA) is 71.0 Å². The Kier molecular flexibility index (Phi) is 6.05. The first-order chi connectivity index (χ1) is 14.8. The molecule has 0 aliphatic carbocycles. The molecule has 0 atom stereocenters. The number of amides is 1. The number of para-hydroxylation sites is 1. The number of nitrogens with zero attached hydrogens (tertiary/aromatic N) is 4. The van der Waals surface area contributed by atoms with Crippen LogP contribution in [-0.2, 0) is 13.1 Å². The summed E-state index contributed by atoms with van der Waals surface area (Å²) in [6.07, 6.45) is 6.54. The van der Waals surface area contributed by atoms with Crippen LogP contribution < -0.4 is 10.2 Å². The van der Waals surface area contributed by atoms with Gasteiger partial charge in [-0.25, -0.2) is 9.97 Å². The maximum atomic E-state index is 12.4. The van der Waals surface area contributed by atoms with E-state index >= 15 is 0 Å². The van der Waals surface area contributed by atoms with Crippen LogP contribution in [0, 0.1) is 0 Å². The van der Waals surface area contributed by atoms with Crippen LogP contribution in [0.1, 0.15) is 21.5 Å². The number of anilines is 2. The van der Waals surface area contributed by atoms with Gasteiger partial charge in [0, 0.05) is 37.0 Å². The minimum Gasteiger partial charge on any atom is -0.348 e. The molecular weight excluding hydrogens is 374 g/mol. The largest absolute Gasteiger partial charge is 0.348 e. The predicted octanol–water partition coefficient (Wildman–Crippen LogP) is 4.14. The normalized spacial score (nSPS) is 10.4. The van der Waals surface area contributed by atoms with Gasteiger partial charge in [-0.15, -0.1) is 0 Å². The van der Waals surface area contributed by atoms with Gasteiger partial charge in [0.15, 0.2) is 0 Å². The van der Waals surface area contributed by atoms with Gasteiger partial charge in [0.1, 0.15) is 0 Å². The molecule has 0 saturated carbocycles. The van der Waals surface area contributed by atoms with Crippen molar-refractivity contribution in [1.82, 2.24) is 20.3 Å². The lowest BCUT2D eigenvalue weighted by Gasteiger charge is -2.23. The van der Waals surface area contributed by atoms with E-state index in [1.165, 1.54) is 0 Å². The Labute approximate surface area is 175 Å². The number of aromatic nitrogens is 3. The fourth-order valence-corrected chi connectivity index (χ4v) is 3.02. The first-order valence-electron chi connectivity index (χ1n) is 9.65. The zero-order valence-corrected chi connectivity index (χ0v) is 16.3. The highest BCUT2D eigenvalue weighted by molar-refractivity contribution is 5.93. The Morgan fingerprint density at radius 2 is 1.47 bits per heavy atom. The second-order valence-electron chi connectivity index (χ2n) is 6.72. The van der Waals surface area contributed by atoms with Crippen molar-refractivity contribution in [3.05, 3.63) is 114 Å². The first kappa shape index (κ1) is 19.3. The minimum absolute atomic E-state index is 0.222. The summed E-state index contributed by atoms with van der Waals surface area (Å²) in [5.74, 6) is 0.314. The Bertz CT molecular complexity index is 1070. The molecular formula is C24H21N5O. The average molecular weight is 395 g/mol. The van der Waals surface area contributed by atoms with E-state index in [1.807, 2.05) is 65.6 Å². The van der Waals surface area contributed by atoms with Crippen LogP contribution in [0.15, 0.2) is 97.6 Å².